The zero-order valence-corrected chi connectivity index (χ0v) is 9.82. The summed E-state index contributed by atoms with van der Waals surface area (Å²) in [7, 11) is 0. The molecule has 0 radical (unpaired) electrons. The number of nitrogens with one attached hydrogen (secondary N) is 1. The van der Waals surface area contributed by atoms with Crippen LogP contribution in [-0.2, 0) is 6.54 Å². The number of rotatable bonds is 3. The quantitative estimate of drug-likeness (QED) is 0.816. The maximum atomic E-state index is 9.82. The van der Waals surface area contributed by atoms with Gasteiger partial charge in [0.1, 0.15) is 0 Å². The van der Waals surface area contributed by atoms with Crippen molar-refractivity contribution in [3.05, 3.63) is 29.6 Å². The Labute approximate surface area is 96.9 Å². The van der Waals surface area contributed by atoms with Crippen LogP contribution in [0.4, 0.5) is 0 Å². The van der Waals surface area contributed by atoms with E-state index in [0.717, 1.165) is 37.2 Å². The SMILES string of the molecule is Cc1cccc(CN[C@H]2CCCC[C@@H]2O)n1. The lowest BCUT2D eigenvalue weighted by molar-refractivity contribution is 0.0901. The molecule has 1 fully saturated rings. The fourth-order valence-corrected chi connectivity index (χ4v) is 2.28. The van der Waals surface area contributed by atoms with Gasteiger partial charge < -0.3 is 10.4 Å². The summed E-state index contributed by atoms with van der Waals surface area (Å²) in [5.74, 6) is 0. The Hall–Kier alpha value is -0.930. The lowest BCUT2D eigenvalue weighted by Gasteiger charge is -2.28. The highest BCUT2D eigenvalue weighted by atomic mass is 16.3. The van der Waals surface area contributed by atoms with Crippen LogP contribution in [0.3, 0.4) is 0 Å². The van der Waals surface area contributed by atoms with E-state index in [9.17, 15) is 5.11 Å². The molecule has 1 aromatic heterocycles. The predicted molar refractivity (Wildman–Crippen MR) is 64.1 cm³/mol. The normalized spacial score (nSPS) is 25.6. The van der Waals surface area contributed by atoms with E-state index < -0.39 is 0 Å². The summed E-state index contributed by atoms with van der Waals surface area (Å²) < 4.78 is 0. The lowest BCUT2D eigenvalue weighted by atomic mass is 9.92. The van der Waals surface area contributed by atoms with Gasteiger partial charge in [0.2, 0.25) is 0 Å². The molecule has 0 spiro atoms. The number of aliphatic hydroxyl groups excluding tert-OH is 1. The summed E-state index contributed by atoms with van der Waals surface area (Å²) >= 11 is 0. The first-order valence-electron chi connectivity index (χ1n) is 6.10. The van der Waals surface area contributed by atoms with Crippen LogP contribution in [0, 0.1) is 6.92 Å². The summed E-state index contributed by atoms with van der Waals surface area (Å²) in [6, 6.07) is 6.29. The highest BCUT2D eigenvalue weighted by Crippen LogP contribution is 2.18. The summed E-state index contributed by atoms with van der Waals surface area (Å²) in [4.78, 5) is 4.44. The predicted octanol–water partition coefficient (Wildman–Crippen LogP) is 1.78. The van der Waals surface area contributed by atoms with Crippen LogP contribution in [0.15, 0.2) is 18.2 Å². The van der Waals surface area contributed by atoms with Crippen LogP contribution >= 0.6 is 0 Å². The van der Waals surface area contributed by atoms with Crippen LogP contribution < -0.4 is 5.32 Å². The fourth-order valence-electron chi connectivity index (χ4n) is 2.28. The average molecular weight is 220 g/mol. The van der Waals surface area contributed by atoms with Gasteiger partial charge in [0, 0.05) is 18.3 Å². The molecule has 0 bridgehead atoms. The summed E-state index contributed by atoms with van der Waals surface area (Å²) in [5, 5.41) is 13.2. The van der Waals surface area contributed by atoms with Crippen molar-refractivity contribution in [3.63, 3.8) is 0 Å². The second-order valence-electron chi connectivity index (χ2n) is 4.61. The van der Waals surface area contributed by atoms with Gasteiger partial charge in [-0.2, -0.15) is 0 Å². The van der Waals surface area contributed by atoms with E-state index in [2.05, 4.69) is 10.3 Å². The molecule has 16 heavy (non-hydrogen) atoms. The highest BCUT2D eigenvalue weighted by Gasteiger charge is 2.22. The van der Waals surface area contributed by atoms with Gasteiger partial charge >= 0.3 is 0 Å². The largest absolute Gasteiger partial charge is 0.392 e. The van der Waals surface area contributed by atoms with Gasteiger partial charge in [-0.3, -0.25) is 4.98 Å². The number of hydrogen-bond donors (Lipinski definition) is 2. The number of aryl methyl sites for hydroxylation is 1. The van der Waals surface area contributed by atoms with Gasteiger partial charge in [0.05, 0.1) is 11.8 Å². The molecular formula is C13H20N2O. The highest BCUT2D eigenvalue weighted by molar-refractivity contribution is 5.09. The smallest absolute Gasteiger partial charge is 0.0693 e. The molecule has 3 nitrogen and oxygen atoms in total. The Bertz CT molecular complexity index is 340. The number of aliphatic hydroxyl groups is 1. The molecule has 0 amide bonds. The van der Waals surface area contributed by atoms with Crippen molar-refractivity contribution >= 4 is 0 Å². The van der Waals surface area contributed by atoms with Crippen LogP contribution in [0.2, 0.25) is 0 Å². The Morgan fingerprint density at radius 3 is 2.94 bits per heavy atom. The standard InChI is InChI=1S/C13H20N2O/c1-10-5-4-6-11(15-10)9-14-12-7-2-3-8-13(12)16/h4-6,12-14,16H,2-3,7-9H2,1H3/t12-,13-/m0/s1. The topological polar surface area (TPSA) is 45.1 Å². The molecule has 1 saturated carbocycles. The van der Waals surface area contributed by atoms with Crippen molar-refractivity contribution in [2.75, 3.05) is 0 Å². The summed E-state index contributed by atoms with van der Waals surface area (Å²) in [5.41, 5.74) is 2.10. The van der Waals surface area contributed by atoms with Crippen LogP contribution in [0.5, 0.6) is 0 Å². The number of pyridine rings is 1. The first kappa shape index (κ1) is 11.6. The summed E-state index contributed by atoms with van der Waals surface area (Å²) in [6.07, 6.45) is 4.20. The Morgan fingerprint density at radius 1 is 1.38 bits per heavy atom. The van der Waals surface area contributed by atoms with Crippen molar-refractivity contribution in [1.82, 2.24) is 10.3 Å². The van der Waals surface area contributed by atoms with E-state index >= 15 is 0 Å². The van der Waals surface area contributed by atoms with E-state index in [1.807, 2.05) is 25.1 Å². The first-order valence-corrected chi connectivity index (χ1v) is 6.10. The van der Waals surface area contributed by atoms with Crippen molar-refractivity contribution in [3.8, 4) is 0 Å². The lowest BCUT2D eigenvalue weighted by Crippen LogP contribution is -2.41. The summed E-state index contributed by atoms with van der Waals surface area (Å²) in [6.45, 7) is 2.75. The fraction of sp³-hybridized carbons (Fsp3) is 0.615. The van der Waals surface area contributed by atoms with Crippen molar-refractivity contribution in [1.29, 1.82) is 0 Å². The molecule has 88 valence electrons. The van der Waals surface area contributed by atoms with E-state index in [-0.39, 0.29) is 12.1 Å². The van der Waals surface area contributed by atoms with Crippen LogP contribution in [-0.4, -0.2) is 22.2 Å². The minimum atomic E-state index is -0.182. The first-order chi connectivity index (χ1) is 7.75. The molecule has 0 unspecified atom stereocenters. The molecule has 3 heteroatoms. The van der Waals surface area contributed by atoms with Gasteiger partial charge in [0.15, 0.2) is 0 Å². The molecule has 2 rings (SSSR count). The minimum absolute atomic E-state index is 0.182. The van der Waals surface area contributed by atoms with Gasteiger partial charge in [-0.15, -0.1) is 0 Å². The third-order valence-corrected chi connectivity index (χ3v) is 3.22. The van der Waals surface area contributed by atoms with Crippen molar-refractivity contribution in [2.45, 2.75) is 51.3 Å². The molecule has 1 heterocycles. The van der Waals surface area contributed by atoms with E-state index in [1.54, 1.807) is 0 Å². The third kappa shape index (κ3) is 3.03. The maximum absolute atomic E-state index is 9.82. The molecule has 0 aromatic carbocycles. The molecule has 1 aromatic rings. The Kier molecular flexibility index (Phi) is 3.91. The Balaban J connectivity index is 1.86. The van der Waals surface area contributed by atoms with Gasteiger partial charge in [-0.1, -0.05) is 18.9 Å². The zero-order valence-electron chi connectivity index (χ0n) is 9.82. The minimum Gasteiger partial charge on any atom is -0.392 e. The van der Waals surface area contributed by atoms with Crippen LogP contribution in [0.25, 0.3) is 0 Å². The monoisotopic (exact) mass is 220 g/mol. The van der Waals surface area contributed by atoms with Gasteiger partial charge in [-0.05, 0) is 31.9 Å². The molecular weight excluding hydrogens is 200 g/mol. The second-order valence-corrected chi connectivity index (χ2v) is 4.61. The van der Waals surface area contributed by atoms with E-state index in [1.165, 1.54) is 6.42 Å². The molecule has 0 aliphatic heterocycles. The Morgan fingerprint density at radius 2 is 2.19 bits per heavy atom. The number of aromatic nitrogens is 1. The molecule has 1 aliphatic rings. The van der Waals surface area contributed by atoms with E-state index in [4.69, 9.17) is 0 Å². The van der Waals surface area contributed by atoms with Crippen LogP contribution in [0.1, 0.15) is 37.1 Å². The van der Waals surface area contributed by atoms with E-state index in [0.29, 0.717) is 0 Å². The van der Waals surface area contributed by atoms with Gasteiger partial charge in [0.25, 0.3) is 0 Å². The maximum Gasteiger partial charge on any atom is 0.0693 e. The number of hydrogen-bond acceptors (Lipinski definition) is 3. The average Bonchev–Trinajstić information content (AvgIpc) is 2.28. The second kappa shape index (κ2) is 5.41. The molecule has 0 saturated heterocycles. The molecule has 2 N–H and O–H groups in total. The molecule has 1 aliphatic carbocycles. The van der Waals surface area contributed by atoms with Crippen molar-refractivity contribution < 1.29 is 5.11 Å². The third-order valence-electron chi connectivity index (χ3n) is 3.22. The van der Waals surface area contributed by atoms with Gasteiger partial charge in [-0.25, -0.2) is 0 Å². The number of nitrogens with zero attached hydrogens (tertiary/aromatic N) is 1. The molecule has 2 atom stereocenters. The zero-order chi connectivity index (χ0) is 11.4. The van der Waals surface area contributed by atoms with Crippen molar-refractivity contribution in [2.24, 2.45) is 0 Å².